The lowest BCUT2D eigenvalue weighted by Crippen LogP contribution is -2.23. The Balaban J connectivity index is 1.49. The highest BCUT2D eigenvalue weighted by atomic mass is 32.2. The largest absolute Gasteiger partial charge is 0.276 e. The van der Waals surface area contributed by atoms with E-state index in [0.717, 1.165) is 33.4 Å². The first kappa shape index (κ1) is 20.0. The maximum Gasteiger partial charge on any atom is 0.262 e. The summed E-state index contributed by atoms with van der Waals surface area (Å²) >= 11 is 3.24. The van der Waals surface area contributed by atoms with Crippen LogP contribution in [-0.2, 0) is 12.3 Å². The fraction of sp³-hybridized carbons (Fsp3) is 0.217. The zero-order valence-corrected chi connectivity index (χ0v) is 18.9. The van der Waals surface area contributed by atoms with Crippen molar-refractivity contribution in [1.82, 2.24) is 24.1 Å². The number of hydrogen-bond donors (Lipinski definition) is 0. The smallest absolute Gasteiger partial charge is 0.262 e. The van der Waals surface area contributed by atoms with E-state index in [4.69, 9.17) is 4.98 Å². The minimum absolute atomic E-state index is 0.0175. The third kappa shape index (κ3) is 3.66. The summed E-state index contributed by atoms with van der Waals surface area (Å²) in [6.45, 7) is 4.75. The number of aryl methyl sites for hydroxylation is 2. The van der Waals surface area contributed by atoms with Crippen molar-refractivity contribution in [2.45, 2.75) is 37.7 Å². The third-order valence-electron chi connectivity index (χ3n) is 5.12. The predicted molar refractivity (Wildman–Crippen MR) is 127 cm³/mol. The van der Waals surface area contributed by atoms with Gasteiger partial charge in [-0.05, 0) is 25.5 Å². The van der Waals surface area contributed by atoms with Crippen LogP contribution >= 0.6 is 23.1 Å². The number of nitrogens with zero attached hydrogens (tertiary/aromatic N) is 5. The van der Waals surface area contributed by atoms with Gasteiger partial charge in [-0.15, -0.1) is 21.5 Å². The Morgan fingerprint density at radius 1 is 1.06 bits per heavy atom. The first-order chi connectivity index (χ1) is 15.2. The maximum absolute atomic E-state index is 12.9. The zero-order valence-electron chi connectivity index (χ0n) is 17.3. The molecule has 0 amide bonds. The van der Waals surface area contributed by atoms with Crippen LogP contribution in [0.25, 0.3) is 27.3 Å². The van der Waals surface area contributed by atoms with E-state index in [-0.39, 0.29) is 5.56 Å². The molecule has 2 aromatic carbocycles. The molecule has 0 fully saturated rings. The van der Waals surface area contributed by atoms with Crippen molar-refractivity contribution in [2.75, 3.05) is 0 Å². The molecular weight excluding hydrogens is 426 g/mol. The van der Waals surface area contributed by atoms with E-state index in [9.17, 15) is 4.79 Å². The highest BCUT2D eigenvalue weighted by molar-refractivity contribution is 7.98. The average molecular weight is 448 g/mol. The summed E-state index contributed by atoms with van der Waals surface area (Å²) in [5, 5.41) is 13.3. The quantitative estimate of drug-likeness (QED) is 0.336. The van der Waals surface area contributed by atoms with Gasteiger partial charge in [-0.2, -0.15) is 0 Å². The van der Waals surface area contributed by atoms with Gasteiger partial charge in [0.15, 0.2) is 5.16 Å². The number of rotatable bonds is 6. The van der Waals surface area contributed by atoms with Gasteiger partial charge in [-0.25, -0.2) is 4.98 Å². The maximum atomic E-state index is 12.9. The van der Waals surface area contributed by atoms with Crippen molar-refractivity contribution in [3.63, 3.8) is 0 Å². The van der Waals surface area contributed by atoms with Gasteiger partial charge in [0.05, 0.1) is 16.6 Å². The molecule has 0 saturated carbocycles. The van der Waals surface area contributed by atoms with E-state index in [1.807, 2.05) is 28.7 Å². The number of thioether (sulfide) groups is 1. The van der Waals surface area contributed by atoms with Gasteiger partial charge in [0.2, 0.25) is 5.78 Å². The summed E-state index contributed by atoms with van der Waals surface area (Å²) in [5.74, 6) is 1.27. The van der Waals surface area contributed by atoms with Gasteiger partial charge in [0, 0.05) is 23.2 Å². The fourth-order valence-electron chi connectivity index (χ4n) is 3.59. The van der Waals surface area contributed by atoms with Crippen LogP contribution in [0.1, 0.15) is 24.6 Å². The standard InChI is InChI=1S/C23H21N5OS2/c1-3-12-27-21(29)18-6-4-5-7-19(18)28-22(27)25-26-23(28)31-14-17-13-30-20(24-17)16-10-8-15(2)9-11-16/h4-11,13H,3,12,14H2,1-2H3. The average Bonchev–Trinajstić information content (AvgIpc) is 3.43. The minimum atomic E-state index is -0.0175. The lowest BCUT2D eigenvalue weighted by atomic mass is 10.2. The lowest BCUT2D eigenvalue weighted by Gasteiger charge is -2.10. The second kappa shape index (κ2) is 8.28. The number of benzene rings is 2. The highest BCUT2D eigenvalue weighted by Gasteiger charge is 2.17. The molecule has 8 heteroatoms. The Kier molecular flexibility index (Phi) is 5.33. The summed E-state index contributed by atoms with van der Waals surface area (Å²) in [5.41, 5.74) is 4.20. The first-order valence-electron chi connectivity index (χ1n) is 10.2. The van der Waals surface area contributed by atoms with E-state index in [2.05, 4.69) is 53.7 Å². The molecule has 0 atom stereocenters. The van der Waals surface area contributed by atoms with Crippen LogP contribution in [0.2, 0.25) is 0 Å². The van der Waals surface area contributed by atoms with E-state index in [1.165, 1.54) is 5.56 Å². The fourth-order valence-corrected chi connectivity index (χ4v) is 5.36. The van der Waals surface area contributed by atoms with Crippen molar-refractivity contribution in [2.24, 2.45) is 0 Å². The summed E-state index contributed by atoms with van der Waals surface area (Å²) in [4.78, 5) is 17.7. The second-order valence-electron chi connectivity index (χ2n) is 7.39. The predicted octanol–water partition coefficient (Wildman–Crippen LogP) is 5.18. The molecule has 5 rings (SSSR count). The number of thiazole rings is 1. The number of fused-ring (bicyclic) bond motifs is 3. The number of para-hydroxylation sites is 1. The monoisotopic (exact) mass is 447 g/mol. The molecule has 0 radical (unpaired) electrons. The summed E-state index contributed by atoms with van der Waals surface area (Å²) in [7, 11) is 0. The molecule has 0 aliphatic heterocycles. The van der Waals surface area contributed by atoms with Crippen LogP contribution in [0.5, 0.6) is 0 Å². The Labute approximate surface area is 187 Å². The van der Waals surface area contributed by atoms with Gasteiger partial charge in [-0.3, -0.25) is 13.8 Å². The van der Waals surface area contributed by atoms with Crippen molar-refractivity contribution in [3.05, 3.63) is 75.5 Å². The Hall–Kier alpha value is -2.97. The van der Waals surface area contributed by atoms with Crippen LogP contribution in [0.3, 0.4) is 0 Å². The minimum Gasteiger partial charge on any atom is -0.276 e. The van der Waals surface area contributed by atoms with Crippen LogP contribution in [0.15, 0.2) is 63.9 Å². The van der Waals surface area contributed by atoms with E-state index < -0.39 is 0 Å². The molecular formula is C23H21N5OS2. The molecule has 6 nitrogen and oxygen atoms in total. The summed E-state index contributed by atoms with van der Waals surface area (Å²) in [6.07, 6.45) is 0.851. The van der Waals surface area contributed by atoms with Crippen LogP contribution in [0, 0.1) is 6.92 Å². The van der Waals surface area contributed by atoms with E-state index >= 15 is 0 Å². The third-order valence-corrected chi connectivity index (χ3v) is 7.03. The summed E-state index contributed by atoms with van der Waals surface area (Å²) in [6, 6.07) is 16.1. The normalized spacial score (nSPS) is 11.5. The number of hydrogen-bond acceptors (Lipinski definition) is 6. The van der Waals surface area contributed by atoms with Gasteiger partial charge < -0.3 is 0 Å². The number of aromatic nitrogens is 5. The van der Waals surface area contributed by atoms with Crippen molar-refractivity contribution in [1.29, 1.82) is 0 Å². The molecule has 0 aliphatic rings. The van der Waals surface area contributed by atoms with Crippen molar-refractivity contribution < 1.29 is 0 Å². The topological polar surface area (TPSA) is 65.1 Å². The molecule has 0 aliphatic carbocycles. The Morgan fingerprint density at radius 2 is 1.87 bits per heavy atom. The van der Waals surface area contributed by atoms with Crippen LogP contribution < -0.4 is 5.56 Å². The van der Waals surface area contributed by atoms with Gasteiger partial charge in [0.1, 0.15) is 5.01 Å². The summed E-state index contributed by atoms with van der Waals surface area (Å²) < 4.78 is 3.71. The van der Waals surface area contributed by atoms with E-state index in [1.54, 1.807) is 27.7 Å². The molecule has 3 aromatic heterocycles. The molecule has 3 heterocycles. The highest BCUT2D eigenvalue weighted by Crippen LogP contribution is 2.28. The van der Waals surface area contributed by atoms with Gasteiger partial charge in [0.25, 0.3) is 5.56 Å². The molecule has 0 bridgehead atoms. The first-order valence-corrected chi connectivity index (χ1v) is 12.0. The Bertz CT molecular complexity index is 1430. The molecule has 0 N–H and O–H groups in total. The van der Waals surface area contributed by atoms with Crippen LogP contribution in [0.4, 0.5) is 0 Å². The molecule has 5 aromatic rings. The lowest BCUT2D eigenvalue weighted by molar-refractivity contribution is 0.662. The molecule has 156 valence electrons. The van der Waals surface area contributed by atoms with Crippen molar-refractivity contribution >= 4 is 39.8 Å². The molecule has 0 saturated heterocycles. The Morgan fingerprint density at radius 3 is 2.68 bits per heavy atom. The zero-order chi connectivity index (χ0) is 21.4. The van der Waals surface area contributed by atoms with E-state index in [0.29, 0.717) is 23.5 Å². The molecule has 0 spiro atoms. The van der Waals surface area contributed by atoms with Crippen molar-refractivity contribution in [3.8, 4) is 10.6 Å². The second-order valence-corrected chi connectivity index (χ2v) is 9.19. The van der Waals surface area contributed by atoms with Gasteiger partial charge in [-0.1, -0.05) is 60.6 Å². The SMILES string of the molecule is CCCn1c(=O)c2ccccc2n2c(SCc3csc(-c4ccc(C)cc4)n3)nnc12. The van der Waals surface area contributed by atoms with Crippen LogP contribution in [-0.4, -0.2) is 24.1 Å². The van der Waals surface area contributed by atoms with Gasteiger partial charge >= 0.3 is 0 Å². The molecule has 31 heavy (non-hydrogen) atoms. The molecule has 0 unspecified atom stereocenters.